The summed E-state index contributed by atoms with van der Waals surface area (Å²) in [5.41, 5.74) is 4.18. The van der Waals surface area contributed by atoms with Crippen molar-refractivity contribution in [1.29, 1.82) is 0 Å². The van der Waals surface area contributed by atoms with E-state index in [9.17, 15) is 9.18 Å². The standard InChI is InChI=1S/C24H23FN2O2/c25-22-16-19(24(28)29)10-11-23(22)27-14-12-26(13-15-27)17-20-8-4-5-9-21(20)18-6-2-1-3-7-18/h1-11,16H,12-15,17H2,(H,28,29). The number of rotatable bonds is 5. The molecule has 0 saturated carbocycles. The van der Waals surface area contributed by atoms with E-state index in [2.05, 4.69) is 53.4 Å². The van der Waals surface area contributed by atoms with Gasteiger partial charge in [0.1, 0.15) is 5.82 Å². The molecule has 0 amide bonds. The van der Waals surface area contributed by atoms with Gasteiger partial charge in [-0.25, -0.2) is 9.18 Å². The van der Waals surface area contributed by atoms with Crippen LogP contribution < -0.4 is 4.90 Å². The van der Waals surface area contributed by atoms with Gasteiger partial charge in [-0.2, -0.15) is 0 Å². The second kappa shape index (κ2) is 8.45. The highest BCUT2D eigenvalue weighted by Gasteiger charge is 2.21. The molecule has 1 aliphatic heterocycles. The molecule has 3 aromatic carbocycles. The zero-order chi connectivity index (χ0) is 20.2. The van der Waals surface area contributed by atoms with Gasteiger partial charge >= 0.3 is 5.97 Å². The number of hydrogen-bond donors (Lipinski definition) is 1. The molecular formula is C24H23FN2O2. The molecule has 29 heavy (non-hydrogen) atoms. The van der Waals surface area contributed by atoms with Crippen LogP contribution in [0.15, 0.2) is 72.8 Å². The van der Waals surface area contributed by atoms with Gasteiger partial charge in [0, 0.05) is 32.7 Å². The predicted octanol–water partition coefficient (Wildman–Crippen LogP) is 4.51. The first-order chi connectivity index (χ1) is 14.1. The fourth-order valence-electron chi connectivity index (χ4n) is 3.84. The van der Waals surface area contributed by atoms with E-state index < -0.39 is 11.8 Å². The average Bonchev–Trinajstić information content (AvgIpc) is 2.75. The zero-order valence-electron chi connectivity index (χ0n) is 16.1. The number of piperazine rings is 1. The van der Waals surface area contributed by atoms with Crippen LogP contribution in [0.25, 0.3) is 11.1 Å². The van der Waals surface area contributed by atoms with Gasteiger partial charge in [0.15, 0.2) is 0 Å². The van der Waals surface area contributed by atoms with Crippen molar-refractivity contribution in [2.24, 2.45) is 0 Å². The first kappa shape index (κ1) is 19.2. The number of carbonyl (C=O) groups is 1. The molecule has 1 aliphatic rings. The quantitative estimate of drug-likeness (QED) is 0.696. The summed E-state index contributed by atoms with van der Waals surface area (Å²) in [7, 11) is 0. The maximum Gasteiger partial charge on any atom is 0.335 e. The summed E-state index contributed by atoms with van der Waals surface area (Å²) in [5, 5.41) is 9.00. The Kier molecular flexibility index (Phi) is 5.58. The molecule has 1 heterocycles. The van der Waals surface area contributed by atoms with Gasteiger partial charge in [-0.05, 0) is 34.9 Å². The molecule has 0 spiro atoms. The maximum atomic E-state index is 14.4. The SMILES string of the molecule is O=C(O)c1ccc(N2CCN(Cc3ccccc3-c3ccccc3)CC2)c(F)c1. The Bertz CT molecular complexity index is 999. The third-order valence-corrected chi connectivity index (χ3v) is 5.40. The largest absolute Gasteiger partial charge is 0.478 e. The lowest BCUT2D eigenvalue weighted by molar-refractivity contribution is 0.0696. The maximum absolute atomic E-state index is 14.4. The number of aromatic carboxylic acids is 1. The zero-order valence-corrected chi connectivity index (χ0v) is 16.1. The van der Waals surface area contributed by atoms with E-state index in [0.717, 1.165) is 25.7 Å². The van der Waals surface area contributed by atoms with Gasteiger partial charge in [0.25, 0.3) is 0 Å². The number of halogens is 1. The fraction of sp³-hybridized carbons (Fsp3) is 0.208. The highest BCUT2D eigenvalue weighted by molar-refractivity contribution is 5.88. The number of carboxylic acid groups (broad SMARTS) is 1. The Balaban J connectivity index is 1.43. The Hall–Kier alpha value is -3.18. The monoisotopic (exact) mass is 390 g/mol. The Morgan fingerprint density at radius 2 is 1.59 bits per heavy atom. The van der Waals surface area contributed by atoms with E-state index in [0.29, 0.717) is 18.8 Å². The summed E-state index contributed by atoms with van der Waals surface area (Å²) in [5.74, 6) is -1.59. The van der Waals surface area contributed by atoms with Gasteiger partial charge < -0.3 is 10.0 Å². The van der Waals surface area contributed by atoms with Crippen LogP contribution in [0.3, 0.4) is 0 Å². The van der Waals surface area contributed by atoms with Crippen LogP contribution in [0.5, 0.6) is 0 Å². The molecule has 0 radical (unpaired) electrons. The van der Waals surface area contributed by atoms with Crippen molar-refractivity contribution in [3.05, 3.63) is 89.7 Å². The molecular weight excluding hydrogens is 367 g/mol. The molecule has 0 unspecified atom stereocenters. The number of anilines is 1. The van der Waals surface area contributed by atoms with Crippen LogP contribution in [-0.2, 0) is 6.54 Å². The smallest absolute Gasteiger partial charge is 0.335 e. The van der Waals surface area contributed by atoms with Crippen molar-refractivity contribution in [3.8, 4) is 11.1 Å². The van der Waals surface area contributed by atoms with E-state index in [1.54, 1.807) is 6.07 Å². The van der Waals surface area contributed by atoms with Crippen LogP contribution in [0.1, 0.15) is 15.9 Å². The highest BCUT2D eigenvalue weighted by atomic mass is 19.1. The van der Waals surface area contributed by atoms with Crippen molar-refractivity contribution in [2.45, 2.75) is 6.54 Å². The van der Waals surface area contributed by atoms with Gasteiger partial charge in [-0.3, -0.25) is 4.90 Å². The summed E-state index contributed by atoms with van der Waals surface area (Å²) in [6.07, 6.45) is 0. The first-order valence-electron chi connectivity index (χ1n) is 9.75. The topological polar surface area (TPSA) is 43.8 Å². The van der Waals surface area contributed by atoms with E-state index >= 15 is 0 Å². The van der Waals surface area contributed by atoms with Crippen LogP contribution in [0.4, 0.5) is 10.1 Å². The summed E-state index contributed by atoms with van der Waals surface area (Å²) >= 11 is 0. The summed E-state index contributed by atoms with van der Waals surface area (Å²) in [6, 6.07) is 22.9. The van der Waals surface area contributed by atoms with Gasteiger partial charge in [-0.1, -0.05) is 54.6 Å². The minimum absolute atomic E-state index is 0.0256. The molecule has 1 N–H and O–H groups in total. The molecule has 148 valence electrons. The van der Waals surface area contributed by atoms with Crippen LogP contribution in [0.2, 0.25) is 0 Å². The fourth-order valence-corrected chi connectivity index (χ4v) is 3.84. The minimum Gasteiger partial charge on any atom is -0.478 e. The van der Waals surface area contributed by atoms with Crippen molar-refractivity contribution in [1.82, 2.24) is 4.90 Å². The highest BCUT2D eigenvalue weighted by Crippen LogP contribution is 2.26. The Morgan fingerprint density at radius 3 is 2.28 bits per heavy atom. The number of carboxylic acids is 1. The molecule has 5 heteroatoms. The Morgan fingerprint density at radius 1 is 0.897 bits per heavy atom. The van der Waals surface area contributed by atoms with Gasteiger partial charge in [0.2, 0.25) is 0 Å². The van der Waals surface area contributed by atoms with Crippen LogP contribution in [-0.4, -0.2) is 42.2 Å². The number of hydrogen-bond acceptors (Lipinski definition) is 3. The molecule has 4 nitrogen and oxygen atoms in total. The molecule has 4 rings (SSSR count). The molecule has 0 aromatic heterocycles. The van der Waals surface area contributed by atoms with Crippen LogP contribution >= 0.6 is 0 Å². The van der Waals surface area contributed by atoms with Crippen molar-refractivity contribution >= 4 is 11.7 Å². The lowest BCUT2D eigenvalue weighted by Crippen LogP contribution is -2.46. The van der Waals surface area contributed by atoms with E-state index in [4.69, 9.17) is 5.11 Å². The van der Waals surface area contributed by atoms with Gasteiger partial charge in [0.05, 0.1) is 11.3 Å². The van der Waals surface area contributed by atoms with Crippen LogP contribution in [0, 0.1) is 5.82 Å². The first-order valence-corrected chi connectivity index (χ1v) is 9.75. The third-order valence-electron chi connectivity index (χ3n) is 5.40. The van der Waals surface area contributed by atoms with E-state index in [1.807, 2.05) is 11.0 Å². The van der Waals surface area contributed by atoms with Crippen molar-refractivity contribution in [2.75, 3.05) is 31.1 Å². The molecule has 1 fully saturated rings. The number of benzene rings is 3. The third kappa shape index (κ3) is 4.30. The lowest BCUT2D eigenvalue weighted by atomic mass is 9.99. The van der Waals surface area contributed by atoms with Crippen molar-refractivity contribution in [3.63, 3.8) is 0 Å². The second-order valence-electron chi connectivity index (χ2n) is 7.26. The molecule has 0 aliphatic carbocycles. The average molecular weight is 390 g/mol. The normalized spacial score (nSPS) is 14.7. The lowest BCUT2D eigenvalue weighted by Gasteiger charge is -2.36. The summed E-state index contributed by atoms with van der Waals surface area (Å²) in [6.45, 7) is 3.90. The summed E-state index contributed by atoms with van der Waals surface area (Å²) in [4.78, 5) is 15.4. The predicted molar refractivity (Wildman–Crippen MR) is 113 cm³/mol. The Labute approximate surface area is 169 Å². The number of nitrogens with zero attached hydrogens (tertiary/aromatic N) is 2. The minimum atomic E-state index is -1.11. The summed E-state index contributed by atoms with van der Waals surface area (Å²) < 4.78 is 14.4. The van der Waals surface area contributed by atoms with E-state index in [1.165, 1.54) is 22.8 Å². The van der Waals surface area contributed by atoms with Crippen molar-refractivity contribution < 1.29 is 14.3 Å². The van der Waals surface area contributed by atoms with Gasteiger partial charge in [-0.15, -0.1) is 0 Å². The molecule has 0 bridgehead atoms. The second-order valence-corrected chi connectivity index (χ2v) is 7.26. The molecule has 1 saturated heterocycles. The molecule has 3 aromatic rings. The molecule has 0 atom stereocenters. The van der Waals surface area contributed by atoms with E-state index in [-0.39, 0.29) is 5.56 Å².